The fourth-order valence-corrected chi connectivity index (χ4v) is 4.25. The highest BCUT2D eigenvalue weighted by Gasteiger charge is 2.31. The molecule has 1 N–H and O–H groups in total. The minimum absolute atomic E-state index is 0.0402. The molecule has 29 heavy (non-hydrogen) atoms. The van der Waals surface area contributed by atoms with Crippen LogP contribution in [0, 0.1) is 0 Å². The van der Waals surface area contributed by atoms with Gasteiger partial charge in [0.1, 0.15) is 0 Å². The molecular formula is C22H20F3NO2S. The van der Waals surface area contributed by atoms with Crippen LogP contribution in [-0.2, 0) is 16.2 Å². The largest absolute Gasteiger partial charge is 0.416 e. The van der Waals surface area contributed by atoms with Crippen LogP contribution in [0.25, 0.3) is 0 Å². The Balaban J connectivity index is 1.76. The zero-order chi connectivity index (χ0) is 20.9. The molecule has 0 saturated carbocycles. The Kier molecular flexibility index (Phi) is 6.39. The van der Waals surface area contributed by atoms with Crippen molar-refractivity contribution in [2.75, 3.05) is 6.54 Å². The van der Waals surface area contributed by atoms with Crippen LogP contribution >= 0.6 is 0 Å². The number of benzene rings is 3. The molecule has 0 bridgehead atoms. The van der Waals surface area contributed by atoms with Gasteiger partial charge in [0.2, 0.25) is 10.0 Å². The summed E-state index contributed by atoms with van der Waals surface area (Å²) in [7, 11) is -4.05. The summed E-state index contributed by atoms with van der Waals surface area (Å²) in [4.78, 5) is -0.400. The van der Waals surface area contributed by atoms with Crippen molar-refractivity contribution in [2.45, 2.75) is 23.4 Å². The fraction of sp³-hybridized carbons (Fsp3) is 0.182. The van der Waals surface area contributed by atoms with Gasteiger partial charge in [-0.3, -0.25) is 0 Å². The Labute approximate surface area is 168 Å². The monoisotopic (exact) mass is 419 g/mol. The van der Waals surface area contributed by atoms with Crippen molar-refractivity contribution in [1.29, 1.82) is 0 Å². The second kappa shape index (κ2) is 8.80. The van der Waals surface area contributed by atoms with Crippen LogP contribution < -0.4 is 4.72 Å². The maximum absolute atomic E-state index is 12.9. The van der Waals surface area contributed by atoms with Crippen molar-refractivity contribution in [1.82, 2.24) is 4.72 Å². The number of rotatable bonds is 7. The van der Waals surface area contributed by atoms with Crippen molar-refractivity contribution in [2.24, 2.45) is 0 Å². The maximum atomic E-state index is 12.9. The summed E-state index contributed by atoms with van der Waals surface area (Å²) in [5, 5.41) is 0. The van der Waals surface area contributed by atoms with Gasteiger partial charge in [0.15, 0.2) is 0 Å². The van der Waals surface area contributed by atoms with Crippen LogP contribution in [0.3, 0.4) is 0 Å². The molecule has 0 spiro atoms. The first-order valence-corrected chi connectivity index (χ1v) is 10.5. The Bertz CT molecular complexity index is 997. The van der Waals surface area contributed by atoms with Gasteiger partial charge in [0, 0.05) is 12.5 Å². The highest BCUT2D eigenvalue weighted by molar-refractivity contribution is 7.89. The van der Waals surface area contributed by atoms with E-state index in [4.69, 9.17) is 0 Å². The van der Waals surface area contributed by atoms with Crippen LogP contribution in [0.2, 0.25) is 0 Å². The van der Waals surface area contributed by atoms with Gasteiger partial charge in [-0.15, -0.1) is 0 Å². The van der Waals surface area contributed by atoms with E-state index in [2.05, 4.69) is 4.72 Å². The molecule has 0 atom stereocenters. The third-order valence-corrected chi connectivity index (χ3v) is 6.06. The third-order valence-electron chi connectivity index (χ3n) is 4.60. The molecule has 0 amide bonds. The lowest BCUT2D eigenvalue weighted by Gasteiger charge is -2.18. The van der Waals surface area contributed by atoms with E-state index in [1.807, 2.05) is 60.7 Å². The Hall–Kier alpha value is -2.64. The summed E-state index contributed by atoms with van der Waals surface area (Å²) in [6.45, 7) is 0.0903. The highest BCUT2D eigenvalue weighted by Crippen LogP contribution is 2.31. The van der Waals surface area contributed by atoms with Gasteiger partial charge < -0.3 is 0 Å². The number of halogens is 3. The van der Waals surface area contributed by atoms with Gasteiger partial charge in [0.25, 0.3) is 0 Å². The smallest absolute Gasteiger partial charge is 0.211 e. The minimum atomic E-state index is -4.60. The Morgan fingerprint density at radius 2 is 1.34 bits per heavy atom. The van der Waals surface area contributed by atoms with Crippen molar-refractivity contribution in [3.8, 4) is 0 Å². The molecule has 0 heterocycles. The quantitative estimate of drug-likeness (QED) is 0.572. The number of sulfonamides is 1. The van der Waals surface area contributed by atoms with Crippen LogP contribution in [-0.4, -0.2) is 15.0 Å². The molecule has 0 aliphatic rings. The molecule has 0 radical (unpaired) electrons. The van der Waals surface area contributed by atoms with Crippen molar-refractivity contribution in [3.63, 3.8) is 0 Å². The zero-order valence-corrected chi connectivity index (χ0v) is 16.2. The van der Waals surface area contributed by atoms with Gasteiger partial charge in [-0.1, -0.05) is 66.7 Å². The van der Waals surface area contributed by atoms with E-state index in [1.165, 1.54) is 0 Å². The molecule has 0 aromatic heterocycles. The molecule has 0 unspecified atom stereocenters. The predicted octanol–water partition coefficient (Wildman–Crippen LogP) is 5.21. The molecular weight excluding hydrogens is 399 g/mol. The lowest BCUT2D eigenvalue weighted by molar-refractivity contribution is -0.137. The standard InChI is InChI=1S/C22H20F3NO2S/c23-22(24,25)19-12-7-13-20(16-19)29(27,28)26-15-14-21(17-8-3-1-4-9-17)18-10-5-2-6-11-18/h1-13,16,21,26H,14-15H2. The van der Waals surface area contributed by atoms with E-state index in [-0.39, 0.29) is 12.5 Å². The second-order valence-electron chi connectivity index (χ2n) is 6.59. The average Bonchev–Trinajstić information content (AvgIpc) is 2.72. The normalized spacial score (nSPS) is 12.3. The topological polar surface area (TPSA) is 46.2 Å². The predicted molar refractivity (Wildman–Crippen MR) is 106 cm³/mol. The molecule has 3 aromatic carbocycles. The molecule has 152 valence electrons. The van der Waals surface area contributed by atoms with Gasteiger partial charge in [-0.05, 0) is 35.7 Å². The molecule has 0 aliphatic carbocycles. The van der Waals surface area contributed by atoms with Crippen LogP contribution in [0.1, 0.15) is 29.0 Å². The van der Waals surface area contributed by atoms with Crippen molar-refractivity contribution < 1.29 is 21.6 Å². The summed E-state index contributed by atoms with van der Waals surface area (Å²) >= 11 is 0. The summed E-state index contributed by atoms with van der Waals surface area (Å²) < 4.78 is 66.0. The number of nitrogens with one attached hydrogen (secondary N) is 1. The maximum Gasteiger partial charge on any atom is 0.416 e. The van der Waals surface area contributed by atoms with Gasteiger partial charge in [0.05, 0.1) is 10.5 Å². The first-order chi connectivity index (χ1) is 13.8. The molecule has 3 rings (SSSR count). The third kappa shape index (κ3) is 5.46. The van der Waals surface area contributed by atoms with E-state index < -0.39 is 26.7 Å². The number of alkyl halides is 3. The van der Waals surface area contributed by atoms with Crippen LogP contribution in [0.4, 0.5) is 13.2 Å². The van der Waals surface area contributed by atoms with Gasteiger partial charge >= 0.3 is 6.18 Å². The molecule has 3 aromatic rings. The molecule has 0 fully saturated rings. The first-order valence-electron chi connectivity index (χ1n) is 9.04. The summed E-state index contributed by atoms with van der Waals surface area (Å²) in [6.07, 6.45) is -4.14. The van der Waals surface area contributed by atoms with Crippen LogP contribution in [0.15, 0.2) is 89.8 Å². The fourth-order valence-electron chi connectivity index (χ4n) is 3.16. The van der Waals surface area contributed by atoms with E-state index >= 15 is 0 Å². The molecule has 0 saturated heterocycles. The summed E-state index contributed by atoms with van der Waals surface area (Å²) in [6, 6.07) is 23.1. The molecule has 7 heteroatoms. The zero-order valence-electron chi connectivity index (χ0n) is 15.4. The SMILES string of the molecule is O=S(=O)(NCCC(c1ccccc1)c1ccccc1)c1cccc(C(F)(F)F)c1. The first kappa shape index (κ1) is 21.1. The summed E-state index contributed by atoms with van der Waals surface area (Å²) in [5.41, 5.74) is 1.08. The molecule has 0 aliphatic heterocycles. The summed E-state index contributed by atoms with van der Waals surface area (Å²) in [5.74, 6) is -0.0402. The van der Waals surface area contributed by atoms with Gasteiger partial charge in [-0.2, -0.15) is 13.2 Å². The van der Waals surface area contributed by atoms with E-state index in [1.54, 1.807) is 0 Å². The van der Waals surface area contributed by atoms with Crippen molar-refractivity contribution in [3.05, 3.63) is 102 Å². The lowest BCUT2D eigenvalue weighted by atomic mass is 9.89. The van der Waals surface area contributed by atoms with E-state index in [9.17, 15) is 21.6 Å². The van der Waals surface area contributed by atoms with E-state index in [0.29, 0.717) is 12.5 Å². The minimum Gasteiger partial charge on any atom is -0.211 e. The van der Waals surface area contributed by atoms with Gasteiger partial charge in [-0.25, -0.2) is 13.1 Å². The number of hydrogen-bond donors (Lipinski definition) is 1. The molecule has 3 nitrogen and oxygen atoms in total. The second-order valence-corrected chi connectivity index (χ2v) is 8.35. The van der Waals surface area contributed by atoms with Crippen LogP contribution in [0.5, 0.6) is 0 Å². The Morgan fingerprint density at radius 1 is 0.793 bits per heavy atom. The van der Waals surface area contributed by atoms with Crippen molar-refractivity contribution >= 4 is 10.0 Å². The number of hydrogen-bond acceptors (Lipinski definition) is 2. The highest BCUT2D eigenvalue weighted by atomic mass is 32.2. The van der Waals surface area contributed by atoms with E-state index in [0.717, 1.165) is 29.3 Å². The lowest BCUT2D eigenvalue weighted by Crippen LogP contribution is -2.26. The Morgan fingerprint density at radius 3 is 1.86 bits per heavy atom. The average molecular weight is 419 g/mol.